The number of carbonyl (C=O) groups excluding carboxylic acids is 1. The third-order valence-corrected chi connectivity index (χ3v) is 8.74. The number of thioether (sulfide) groups is 1. The molecule has 0 bridgehead atoms. The standard InChI is InChI=1S/C23H25N5O3S2/c29-21(26-13-15-27(16-14-26)33(30,31)20-9-5-2-6-10-20)17-32-23-25-24-22(18-11-12-18)28(23)19-7-3-1-4-8-19/h1-10,18H,11-17H2. The van der Waals surface area contributed by atoms with E-state index < -0.39 is 10.0 Å². The monoisotopic (exact) mass is 483 g/mol. The van der Waals surface area contributed by atoms with Crippen molar-refractivity contribution < 1.29 is 13.2 Å². The highest BCUT2D eigenvalue weighted by molar-refractivity contribution is 7.99. The highest BCUT2D eigenvalue weighted by Gasteiger charge is 2.32. The van der Waals surface area contributed by atoms with Crippen molar-refractivity contribution in [3.05, 3.63) is 66.5 Å². The molecule has 2 heterocycles. The normalized spacial score (nSPS) is 17.3. The van der Waals surface area contributed by atoms with Crippen LogP contribution < -0.4 is 0 Å². The zero-order chi connectivity index (χ0) is 22.8. The van der Waals surface area contributed by atoms with Gasteiger partial charge in [-0.25, -0.2) is 8.42 Å². The molecule has 2 fully saturated rings. The Labute approximate surface area is 197 Å². The van der Waals surface area contributed by atoms with Crippen molar-refractivity contribution in [2.45, 2.75) is 28.8 Å². The fourth-order valence-electron chi connectivity index (χ4n) is 3.94. The van der Waals surface area contributed by atoms with E-state index in [-0.39, 0.29) is 16.6 Å². The maximum atomic E-state index is 12.9. The van der Waals surface area contributed by atoms with Crippen LogP contribution in [0, 0.1) is 0 Å². The number of hydrogen-bond donors (Lipinski definition) is 0. The summed E-state index contributed by atoms with van der Waals surface area (Å²) in [6, 6.07) is 18.4. The highest BCUT2D eigenvalue weighted by atomic mass is 32.2. The molecule has 1 saturated heterocycles. The Bertz CT molecular complexity index is 1220. The van der Waals surface area contributed by atoms with Crippen LogP contribution in [0.2, 0.25) is 0 Å². The van der Waals surface area contributed by atoms with Crippen LogP contribution in [-0.2, 0) is 14.8 Å². The van der Waals surface area contributed by atoms with Crippen molar-refractivity contribution in [3.8, 4) is 5.69 Å². The molecule has 0 spiro atoms. The molecule has 10 heteroatoms. The third kappa shape index (κ3) is 4.68. The van der Waals surface area contributed by atoms with Gasteiger partial charge in [0.1, 0.15) is 5.82 Å². The van der Waals surface area contributed by atoms with Crippen molar-refractivity contribution in [2.75, 3.05) is 31.9 Å². The van der Waals surface area contributed by atoms with E-state index in [9.17, 15) is 13.2 Å². The van der Waals surface area contributed by atoms with Crippen molar-refractivity contribution in [1.82, 2.24) is 24.0 Å². The van der Waals surface area contributed by atoms with Crippen LogP contribution in [0.25, 0.3) is 5.69 Å². The first-order valence-corrected chi connectivity index (χ1v) is 13.4. The minimum absolute atomic E-state index is 0.0210. The van der Waals surface area contributed by atoms with Gasteiger partial charge in [-0.15, -0.1) is 10.2 Å². The smallest absolute Gasteiger partial charge is 0.243 e. The summed E-state index contributed by atoms with van der Waals surface area (Å²) in [5, 5.41) is 9.48. The van der Waals surface area contributed by atoms with Crippen molar-refractivity contribution >= 4 is 27.7 Å². The van der Waals surface area contributed by atoms with E-state index in [1.54, 1.807) is 35.2 Å². The highest BCUT2D eigenvalue weighted by Crippen LogP contribution is 2.41. The molecule has 2 aromatic carbocycles. The lowest BCUT2D eigenvalue weighted by molar-refractivity contribution is -0.129. The minimum Gasteiger partial charge on any atom is -0.339 e. The Kier molecular flexibility index (Phi) is 6.22. The second-order valence-corrected chi connectivity index (χ2v) is 11.1. The number of para-hydroxylation sites is 1. The summed E-state index contributed by atoms with van der Waals surface area (Å²) in [6.45, 7) is 1.34. The molecule has 0 N–H and O–H groups in total. The van der Waals surface area contributed by atoms with Gasteiger partial charge in [0.25, 0.3) is 0 Å². The zero-order valence-electron chi connectivity index (χ0n) is 18.1. The van der Waals surface area contributed by atoms with E-state index in [0.717, 1.165) is 24.4 Å². The molecule has 2 aliphatic rings. The van der Waals surface area contributed by atoms with Crippen molar-refractivity contribution in [2.24, 2.45) is 0 Å². The number of carbonyl (C=O) groups is 1. The fourth-order valence-corrected chi connectivity index (χ4v) is 6.24. The Morgan fingerprint density at radius 3 is 2.18 bits per heavy atom. The Balaban J connectivity index is 1.22. The zero-order valence-corrected chi connectivity index (χ0v) is 19.7. The van der Waals surface area contributed by atoms with Gasteiger partial charge in [-0.1, -0.05) is 48.2 Å². The largest absolute Gasteiger partial charge is 0.339 e. The van der Waals surface area contributed by atoms with Gasteiger partial charge in [-0.3, -0.25) is 9.36 Å². The molecular formula is C23H25N5O3S2. The summed E-state index contributed by atoms with van der Waals surface area (Å²) in [4.78, 5) is 14.9. The number of aromatic nitrogens is 3. The maximum absolute atomic E-state index is 12.9. The van der Waals surface area contributed by atoms with E-state index >= 15 is 0 Å². The minimum atomic E-state index is -3.53. The quantitative estimate of drug-likeness (QED) is 0.480. The second kappa shape index (κ2) is 9.28. The summed E-state index contributed by atoms with van der Waals surface area (Å²) in [5.74, 6) is 1.60. The number of benzene rings is 2. The molecule has 1 saturated carbocycles. The van der Waals surface area contributed by atoms with Gasteiger partial charge in [0.05, 0.1) is 10.6 Å². The first kappa shape index (κ1) is 22.1. The molecule has 33 heavy (non-hydrogen) atoms. The molecule has 0 radical (unpaired) electrons. The Hall–Kier alpha value is -2.69. The van der Waals surface area contributed by atoms with Crippen molar-refractivity contribution in [1.29, 1.82) is 0 Å². The van der Waals surface area contributed by atoms with E-state index in [1.807, 2.05) is 30.3 Å². The Morgan fingerprint density at radius 2 is 1.55 bits per heavy atom. The van der Waals surface area contributed by atoms with Gasteiger partial charge in [0.2, 0.25) is 15.9 Å². The number of piperazine rings is 1. The maximum Gasteiger partial charge on any atom is 0.243 e. The van der Waals surface area contributed by atoms with Crippen LogP contribution in [0.15, 0.2) is 70.7 Å². The SMILES string of the molecule is O=C(CSc1nnc(C2CC2)n1-c1ccccc1)N1CCN(S(=O)(=O)c2ccccc2)CC1. The molecule has 8 nitrogen and oxygen atoms in total. The summed E-state index contributed by atoms with van der Waals surface area (Å²) < 4.78 is 29.1. The molecule has 1 amide bonds. The molecular weight excluding hydrogens is 458 g/mol. The number of sulfonamides is 1. The predicted molar refractivity (Wildman–Crippen MR) is 126 cm³/mol. The van der Waals surface area contributed by atoms with Crippen LogP contribution in [0.3, 0.4) is 0 Å². The number of amides is 1. The van der Waals surface area contributed by atoms with Crippen LogP contribution in [-0.4, -0.2) is 70.2 Å². The lowest BCUT2D eigenvalue weighted by Gasteiger charge is -2.34. The third-order valence-electron chi connectivity index (χ3n) is 5.91. The average molecular weight is 484 g/mol. The summed E-state index contributed by atoms with van der Waals surface area (Å²) >= 11 is 1.38. The topological polar surface area (TPSA) is 88.4 Å². The molecule has 0 atom stereocenters. The number of hydrogen-bond acceptors (Lipinski definition) is 6. The van der Waals surface area contributed by atoms with Gasteiger partial charge in [-0.05, 0) is 37.1 Å². The molecule has 172 valence electrons. The van der Waals surface area contributed by atoms with E-state index in [0.29, 0.717) is 37.3 Å². The first-order chi connectivity index (χ1) is 16.0. The fraction of sp³-hybridized carbons (Fsp3) is 0.348. The Morgan fingerprint density at radius 1 is 0.909 bits per heavy atom. The van der Waals surface area contributed by atoms with E-state index in [1.165, 1.54) is 16.1 Å². The van der Waals surface area contributed by atoms with Crippen LogP contribution in [0.1, 0.15) is 24.6 Å². The predicted octanol–water partition coefficient (Wildman–Crippen LogP) is 2.77. The van der Waals surface area contributed by atoms with Crippen LogP contribution >= 0.6 is 11.8 Å². The summed E-state index contributed by atoms with van der Waals surface area (Å²) in [5.41, 5.74) is 0.999. The molecule has 1 aliphatic heterocycles. The molecule has 1 aromatic heterocycles. The van der Waals surface area contributed by atoms with E-state index in [4.69, 9.17) is 0 Å². The van der Waals surface area contributed by atoms with Crippen molar-refractivity contribution in [3.63, 3.8) is 0 Å². The van der Waals surface area contributed by atoms with Gasteiger partial charge < -0.3 is 4.90 Å². The summed E-state index contributed by atoms with van der Waals surface area (Å²) in [7, 11) is -3.53. The second-order valence-electron chi connectivity index (χ2n) is 8.17. The number of rotatable bonds is 7. The van der Waals surface area contributed by atoms with E-state index in [2.05, 4.69) is 14.8 Å². The summed E-state index contributed by atoms with van der Waals surface area (Å²) in [6.07, 6.45) is 2.23. The first-order valence-electron chi connectivity index (χ1n) is 11.0. The lowest BCUT2D eigenvalue weighted by atomic mass is 10.3. The number of nitrogens with zero attached hydrogens (tertiary/aromatic N) is 5. The average Bonchev–Trinajstić information content (AvgIpc) is 3.62. The van der Waals surface area contributed by atoms with Crippen LogP contribution in [0.5, 0.6) is 0 Å². The molecule has 3 aromatic rings. The molecule has 1 aliphatic carbocycles. The van der Waals surface area contributed by atoms with Gasteiger partial charge in [0, 0.05) is 37.8 Å². The van der Waals surface area contributed by atoms with Crippen LogP contribution in [0.4, 0.5) is 0 Å². The molecule has 0 unspecified atom stereocenters. The van der Waals surface area contributed by atoms with Gasteiger partial charge in [-0.2, -0.15) is 4.31 Å². The molecule has 5 rings (SSSR count). The van der Waals surface area contributed by atoms with Gasteiger partial charge in [0.15, 0.2) is 5.16 Å². The van der Waals surface area contributed by atoms with Gasteiger partial charge >= 0.3 is 0 Å². The lowest BCUT2D eigenvalue weighted by Crippen LogP contribution is -2.50.